The van der Waals surface area contributed by atoms with Gasteiger partial charge in [0.2, 0.25) is 5.91 Å². The van der Waals surface area contributed by atoms with Crippen LogP contribution in [0, 0.1) is 6.92 Å². The molecule has 180 valence electrons. The molecule has 0 aliphatic carbocycles. The fraction of sp³-hybridized carbons (Fsp3) is 0.269. The Labute approximate surface area is 201 Å². The Morgan fingerprint density at radius 1 is 0.971 bits per heavy atom. The lowest BCUT2D eigenvalue weighted by Gasteiger charge is -2.27. The third-order valence-electron chi connectivity index (χ3n) is 5.31. The van der Waals surface area contributed by atoms with Crippen LogP contribution >= 0.6 is 0 Å². The number of nitrogens with one attached hydrogen (secondary N) is 1. The van der Waals surface area contributed by atoms with Gasteiger partial charge in [0.25, 0.3) is 10.0 Å². The first-order valence-corrected chi connectivity index (χ1v) is 12.5. The van der Waals surface area contributed by atoms with Gasteiger partial charge in [-0.25, -0.2) is 8.42 Å². The van der Waals surface area contributed by atoms with Crippen LogP contribution in [0.1, 0.15) is 31.0 Å². The van der Waals surface area contributed by atoms with E-state index in [4.69, 9.17) is 9.47 Å². The van der Waals surface area contributed by atoms with Crippen molar-refractivity contribution in [2.75, 3.05) is 24.6 Å². The maximum atomic E-state index is 13.7. The number of carbonyl (C=O) groups excluding carboxylic acids is 1. The van der Waals surface area contributed by atoms with Crippen molar-refractivity contribution in [3.05, 3.63) is 83.9 Å². The number of methoxy groups -OCH3 is 1. The summed E-state index contributed by atoms with van der Waals surface area (Å²) in [6, 6.07) is 20.3. The molecule has 3 aromatic carbocycles. The van der Waals surface area contributed by atoms with Crippen molar-refractivity contribution in [2.24, 2.45) is 0 Å². The van der Waals surface area contributed by atoms with Crippen LogP contribution in [0.3, 0.4) is 0 Å². The predicted octanol–water partition coefficient (Wildman–Crippen LogP) is 4.48. The summed E-state index contributed by atoms with van der Waals surface area (Å²) in [5.74, 6) is 0.563. The molecule has 0 heterocycles. The van der Waals surface area contributed by atoms with Crippen LogP contribution in [0.2, 0.25) is 0 Å². The van der Waals surface area contributed by atoms with Crippen molar-refractivity contribution in [3.63, 3.8) is 0 Å². The van der Waals surface area contributed by atoms with Crippen LogP contribution in [0.25, 0.3) is 0 Å². The molecule has 0 unspecified atom stereocenters. The molecule has 1 N–H and O–H groups in total. The molecule has 0 bridgehead atoms. The first kappa shape index (κ1) is 25.1. The Morgan fingerprint density at radius 2 is 1.59 bits per heavy atom. The number of carbonyl (C=O) groups is 1. The van der Waals surface area contributed by atoms with Crippen molar-refractivity contribution in [1.29, 1.82) is 0 Å². The van der Waals surface area contributed by atoms with E-state index in [2.05, 4.69) is 5.32 Å². The van der Waals surface area contributed by atoms with Gasteiger partial charge in [0.1, 0.15) is 18.0 Å². The third-order valence-corrected chi connectivity index (χ3v) is 7.09. The molecule has 0 fully saturated rings. The van der Waals surface area contributed by atoms with Gasteiger partial charge in [0, 0.05) is 5.56 Å². The molecule has 0 saturated carbocycles. The van der Waals surface area contributed by atoms with Gasteiger partial charge >= 0.3 is 0 Å². The number of sulfonamides is 1. The van der Waals surface area contributed by atoms with E-state index in [-0.39, 0.29) is 4.90 Å². The van der Waals surface area contributed by atoms with Gasteiger partial charge in [-0.2, -0.15) is 0 Å². The number of aryl methyl sites for hydroxylation is 1. The maximum absolute atomic E-state index is 13.7. The average molecular weight is 483 g/mol. The maximum Gasteiger partial charge on any atom is 0.264 e. The highest BCUT2D eigenvalue weighted by molar-refractivity contribution is 7.92. The van der Waals surface area contributed by atoms with E-state index in [1.807, 2.05) is 45.0 Å². The number of ether oxygens (including phenoxy) is 2. The lowest BCUT2D eigenvalue weighted by atomic mass is 10.1. The van der Waals surface area contributed by atoms with Crippen molar-refractivity contribution in [3.8, 4) is 11.5 Å². The highest BCUT2D eigenvalue weighted by Crippen LogP contribution is 2.33. The van der Waals surface area contributed by atoms with Crippen LogP contribution in [-0.4, -0.2) is 34.6 Å². The predicted molar refractivity (Wildman–Crippen MR) is 133 cm³/mol. The molecule has 0 spiro atoms. The van der Waals surface area contributed by atoms with E-state index in [0.29, 0.717) is 23.8 Å². The normalized spacial score (nSPS) is 12.0. The first-order chi connectivity index (χ1) is 16.3. The van der Waals surface area contributed by atoms with Gasteiger partial charge in [0.05, 0.1) is 30.3 Å². The molecular weight excluding hydrogens is 452 g/mol. The standard InChI is InChI=1S/C26H30N2O5S/c1-5-33-25-13-9-7-11-23(25)28(34(30,31)21-16-14-19(2)15-17-21)18-26(29)27-20(3)22-10-6-8-12-24(22)32-4/h6-17,20H,5,18H2,1-4H3,(H,27,29)/t20-/m1/s1. The number of nitrogens with zero attached hydrogens (tertiary/aromatic N) is 1. The summed E-state index contributed by atoms with van der Waals surface area (Å²) in [4.78, 5) is 13.2. The van der Waals surface area contributed by atoms with Gasteiger partial charge in [-0.05, 0) is 51.1 Å². The Bertz CT molecular complexity index is 1230. The second kappa shape index (κ2) is 11.1. The molecule has 1 amide bonds. The second-order valence-electron chi connectivity index (χ2n) is 7.76. The lowest BCUT2D eigenvalue weighted by molar-refractivity contribution is -0.120. The van der Waals surface area contributed by atoms with Crippen molar-refractivity contribution >= 4 is 21.6 Å². The fourth-order valence-electron chi connectivity index (χ4n) is 3.60. The minimum Gasteiger partial charge on any atom is -0.496 e. The Morgan fingerprint density at radius 3 is 2.24 bits per heavy atom. The number of amides is 1. The van der Waals surface area contributed by atoms with Crippen molar-refractivity contribution in [1.82, 2.24) is 5.32 Å². The zero-order valence-corrected chi connectivity index (χ0v) is 20.6. The van der Waals surface area contributed by atoms with Crippen LogP contribution in [0.4, 0.5) is 5.69 Å². The van der Waals surface area contributed by atoms with E-state index in [1.165, 1.54) is 12.1 Å². The second-order valence-corrected chi connectivity index (χ2v) is 9.62. The summed E-state index contributed by atoms with van der Waals surface area (Å²) >= 11 is 0. The number of benzene rings is 3. The zero-order chi connectivity index (χ0) is 24.7. The van der Waals surface area contributed by atoms with Crippen LogP contribution in [0.15, 0.2) is 77.7 Å². The van der Waals surface area contributed by atoms with E-state index >= 15 is 0 Å². The number of rotatable bonds is 10. The number of para-hydroxylation sites is 3. The van der Waals surface area contributed by atoms with Crippen LogP contribution < -0.4 is 19.1 Å². The van der Waals surface area contributed by atoms with Crippen LogP contribution in [0.5, 0.6) is 11.5 Å². The summed E-state index contributed by atoms with van der Waals surface area (Å²) in [7, 11) is -2.49. The molecule has 3 rings (SSSR count). The molecule has 0 saturated heterocycles. The summed E-state index contributed by atoms with van der Waals surface area (Å²) in [5, 5.41) is 2.89. The Balaban J connectivity index is 1.96. The molecule has 7 nitrogen and oxygen atoms in total. The van der Waals surface area contributed by atoms with Gasteiger partial charge in [-0.15, -0.1) is 0 Å². The lowest BCUT2D eigenvalue weighted by Crippen LogP contribution is -2.41. The quantitative estimate of drug-likeness (QED) is 0.461. The molecule has 0 radical (unpaired) electrons. The summed E-state index contributed by atoms with van der Waals surface area (Å²) in [5.41, 5.74) is 2.02. The molecule has 1 atom stereocenters. The minimum absolute atomic E-state index is 0.0926. The molecule has 0 aliphatic heterocycles. The highest BCUT2D eigenvalue weighted by Gasteiger charge is 2.30. The molecular formula is C26H30N2O5S. The van der Waals surface area contributed by atoms with Gasteiger partial charge < -0.3 is 14.8 Å². The Hall–Kier alpha value is -3.52. The summed E-state index contributed by atoms with van der Waals surface area (Å²) in [6.07, 6.45) is 0. The molecule has 3 aromatic rings. The summed E-state index contributed by atoms with van der Waals surface area (Å²) in [6.45, 7) is 5.46. The third kappa shape index (κ3) is 5.69. The summed E-state index contributed by atoms with van der Waals surface area (Å²) < 4.78 is 39.5. The minimum atomic E-state index is -4.05. The van der Waals surface area contributed by atoms with Crippen molar-refractivity contribution in [2.45, 2.75) is 31.7 Å². The molecule has 34 heavy (non-hydrogen) atoms. The number of hydrogen-bond donors (Lipinski definition) is 1. The Kier molecular flexibility index (Phi) is 8.17. The van der Waals surface area contributed by atoms with Gasteiger partial charge in [-0.3, -0.25) is 9.10 Å². The zero-order valence-electron chi connectivity index (χ0n) is 19.8. The molecule has 8 heteroatoms. The largest absolute Gasteiger partial charge is 0.496 e. The van der Waals surface area contributed by atoms with E-state index in [1.54, 1.807) is 43.5 Å². The smallest absolute Gasteiger partial charge is 0.264 e. The van der Waals surface area contributed by atoms with Gasteiger partial charge in [-0.1, -0.05) is 48.0 Å². The van der Waals surface area contributed by atoms with Crippen LogP contribution in [-0.2, 0) is 14.8 Å². The van der Waals surface area contributed by atoms with E-state index < -0.39 is 28.5 Å². The number of anilines is 1. The van der Waals surface area contributed by atoms with Gasteiger partial charge in [0.15, 0.2) is 0 Å². The monoisotopic (exact) mass is 482 g/mol. The SMILES string of the molecule is CCOc1ccccc1N(CC(=O)N[C@H](C)c1ccccc1OC)S(=O)(=O)c1ccc(C)cc1. The molecule has 0 aromatic heterocycles. The van der Waals surface area contributed by atoms with E-state index in [0.717, 1.165) is 15.4 Å². The highest BCUT2D eigenvalue weighted by atomic mass is 32.2. The van der Waals surface area contributed by atoms with E-state index in [9.17, 15) is 13.2 Å². The number of hydrogen-bond acceptors (Lipinski definition) is 5. The first-order valence-electron chi connectivity index (χ1n) is 11.0. The fourth-order valence-corrected chi connectivity index (χ4v) is 5.03. The average Bonchev–Trinajstić information content (AvgIpc) is 2.83. The topological polar surface area (TPSA) is 84.9 Å². The van der Waals surface area contributed by atoms with Crippen molar-refractivity contribution < 1.29 is 22.7 Å². The molecule has 0 aliphatic rings.